The lowest BCUT2D eigenvalue weighted by molar-refractivity contribution is -0.132. The van der Waals surface area contributed by atoms with Crippen molar-refractivity contribution in [1.29, 1.82) is 0 Å². The van der Waals surface area contributed by atoms with E-state index in [-0.39, 0.29) is 11.3 Å². The zero-order valence-electron chi connectivity index (χ0n) is 19.9. The van der Waals surface area contributed by atoms with Crippen LogP contribution in [0.4, 0.5) is 5.13 Å². The minimum atomic E-state index is -0.891. The summed E-state index contributed by atoms with van der Waals surface area (Å²) in [5.74, 6) is -1.16. The van der Waals surface area contributed by atoms with Crippen LogP contribution in [0.1, 0.15) is 35.2 Å². The number of aromatic nitrogens is 1. The second-order valence-corrected chi connectivity index (χ2v) is 10.1. The monoisotopic (exact) mass is 518 g/mol. The lowest BCUT2D eigenvalue weighted by atomic mass is 9.95. The molecular weight excluding hydrogens is 496 g/mol. The standard InChI is InChI=1S/C28H23ClN2O4S/c1-4-35-20-10-8-17(9-11-20)25(32)22-24(18-6-5-7-19(29)14-18)31(27(34)26(22)33)28-30-23-16(3)12-15(2)13-21(23)36-28/h5-14,24,32H,4H2,1-3H3. The summed E-state index contributed by atoms with van der Waals surface area (Å²) in [6.07, 6.45) is 0. The summed E-state index contributed by atoms with van der Waals surface area (Å²) in [5.41, 5.74) is 3.83. The number of Topliss-reactive ketones (excluding diaryl/α,β-unsaturated/α-hetero) is 1. The fraction of sp³-hybridized carbons (Fsp3) is 0.179. The maximum absolute atomic E-state index is 13.4. The molecule has 182 valence electrons. The van der Waals surface area contributed by atoms with Crippen LogP contribution in [0, 0.1) is 13.8 Å². The zero-order valence-corrected chi connectivity index (χ0v) is 21.5. The van der Waals surface area contributed by atoms with Crippen LogP contribution in [0.15, 0.2) is 66.2 Å². The Morgan fingerprint density at radius 2 is 1.86 bits per heavy atom. The van der Waals surface area contributed by atoms with Crippen molar-refractivity contribution >= 4 is 55.7 Å². The molecule has 1 saturated heterocycles. The Kier molecular flexibility index (Phi) is 6.28. The minimum absolute atomic E-state index is 0.0152. The first kappa shape index (κ1) is 24.0. The van der Waals surface area contributed by atoms with Crippen LogP contribution in [-0.2, 0) is 9.59 Å². The normalized spacial score (nSPS) is 17.2. The van der Waals surface area contributed by atoms with Crippen molar-refractivity contribution in [2.75, 3.05) is 11.5 Å². The quantitative estimate of drug-likeness (QED) is 0.183. The summed E-state index contributed by atoms with van der Waals surface area (Å²) >= 11 is 7.63. The van der Waals surface area contributed by atoms with E-state index in [9.17, 15) is 14.7 Å². The Morgan fingerprint density at radius 3 is 2.56 bits per heavy atom. The molecule has 1 atom stereocenters. The summed E-state index contributed by atoms with van der Waals surface area (Å²) < 4.78 is 6.40. The smallest absolute Gasteiger partial charge is 0.301 e. The maximum Gasteiger partial charge on any atom is 0.301 e. The van der Waals surface area contributed by atoms with Gasteiger partial charge in [0.05, 0.1) is 28.4 Å². The Hall–Kier alpha value is -3.68. The lowest BCUT2D eigenvalue weighted by Gasteiger charge is -2.23. The predicted octanol–water partition coefficient (Wildman–Crippen LogP) is 6.59. The Balaban J connectivity index is 1.70. The zero-order chi connectivity index (χ0) is 25.6. The second-order valence-electron chi connectivity index (χ2n) is 8.61. The molecule has 8 heteroatoms. The fourth-order valence-electron chi connectivity index (χ4n) is 4.52. The molecule has 0 radical (unpaired) electrons. The van der Waals surface area contributed by atoms with Gasteiger partial charge in [0, 0.05) is 10.6 Å². The highest BCUT2D eigenvalue weighted by atomic mass is 35.5. The Bertz CT molecular complexity index is 1540. The summed E-state index contributed by atoms with van der Waals surface area (Å²) in [6, 6.07) is 16.8. The van der Waals surface area contributed by atoms with E-state index >= 15 is 0 Å². The summed E-state index contributed by atoms with van der Waals surface area (Å²) in [7, 11) is 0. The molecule has 0 spiro atoms. The first-order valence-corrected chi connectivity index (χ1v) is 12.7. The van der Waals surface area contributed by atoms with Crippen LogP contribution < -0.4 is 9.64 Å². The molecule has 4 aromatic rings. The van der Waals surface area contributed by atoms with Crippen LogP contribution in [-0.4, -0.2) is 28.4 Å². The molecule has 0 saturated carbocycles. The lowest BCUT2D eigenvalue weighted by Crippen LogP contribution is -2.29. The van der Waals surface area contributed by atoms with Gasteiger partial charge >= 0.3 is 5.91 Å². The average Bonchev–Trinajstić information content (AvgIpc) is 3.38. The number of carbonyl (C=O) groups excluding carboxylic acids is 2. The molecule has 2 heterocycles. The van der Waals surface area contributed by atoms with Crippen molar-refractivity contribution in [3.63, 3.8) is 0 Å². The fourth-order valence-corrected chi connectivity index (χ4v) is 5.88. The third-order valence-electron chi connectivity index (χ3n) is 6.07. The summed E-state index contributed by atoms with van der Waals surface area (Å²) in [5, 5.41) is 12.1. The van der Waals surface area contributed by atoms with Gasteiger partial charge in [-0.1, -0.05) is 41.1 Å². The van der Waals surface area contributed by atoms with Gasteiger partial charge in [-0.15, -0.1) is 0 Å². The van der Waals surface area contributed by atoms with E-state index in [1.807, 2.05) is 32.9 Å². The number of aryl methyl sites for hydroxylation is 2. The van der Waals surface area contributed by atoms with E-state index < -0.39 is 17.7 Å². The molecule has 1 amide bonds. The van der Waals surface area contributed by atoms with E-state index in [1.165, 1.54) is 16.2 Å². The van der Waals surface area contributed by atoms with Crippen molar-refractivity contribution in [2.45, 2.75) is 26.8 Å². The minimum Gasteiger partial charge on any atom is -0.507 e. The third kappa shape index (κ3) is 4.14. The van der Waals surface area contributed by atoms with Crippen molar-refractivity contribution in [3.05, 3.63) is 93.5 Å². The number of aliphatic hydroxyl groups is 1. The molecule has 0 aliphatic carbocycles. The van der Waals surface area contributed by atoms with Crippen molar-refractivity contribution in [2.24, 2.45) is 0 Å². The van der Waals surface area contributed by atoms with Gasteiger partial charge in [0.1, 0.15) is 11.5 Å². The third-order valence-corrected chi connectivity index (χ3v) is 7.31. The molecule has 6 nitrogen and oxygen atoms in total. The highest BCUT2D eigenvalue weighted by Crippen LogP contribution is 2.45. The van der Waals surface area contributed by atoms with Gasteiger partial charge in [-0.3, -0.25) is 14.5 Å². The maximum atomic E-state index is 13.4. The highest BCUT2D eigenvalue weighted by Gasteiger charge is 2.48. The largest absolute Gasteiger partial charge is 0.507 e. The van der Waals surface area contributed by atoms with Crippen LogP contribution in [0.3, 0.4) is 0 Å². The molecule has 1 aliphatic rings. The Morgan fingerprint density at radius 1 is 1.11 bits per heavy atom. The number of benzene rings is 3. The van der Waals surface area contributed by atoms with Gasteiger partial charge in [-0.25, -0.2) is 4.98 Å². The number of fused-ring (bicyclic) bond motifs is 1. The molecule has 0 bridgehead atoms. The SMILES string of the molecule is CCOc1ccc(C(O)=C2C(=O)C(=O)N(c3nc4c(C)cc(C)cc4s3)C2c2cccc(Cl)c2)cc1. The number of hydrogen-bond acceptors (Lipinski definition) is 6. The van der Waals surface area contributed by atoms with Crippen molar-refractivity contribution in [3.8, 4) is 5.75 Å². The summed E-state index contributed by atoms with van der Waals surface area (Å²) in [4.78, 5) is 32.9. The molecule has 3 aromatic carbocycles. The van der Waals surface area contributed by atoms with Crippen molar-refractivity contribution in [1.82, 2.24) is 4.98 Å². The van der Waals surface area contributed by atoms with Gasteiger partial charge in [0.15, 0.2) is 5.13 Å². The predicted molar refractivity (Wildman–Crippen MR) is 143 cm³/mol. The van der Waals surface area contributed by atoms with E-state index in [2.05, 4.69) is 0 Å². The molecule has 1 unspecified atom stereocenters. The second kappa shape index (κ2) is 9.41. The van der Waals surface area contributed by atoms with Crippen LogP contribution in [0.5, 0.6) is 5.75 Å². The number of nitrogens with zero attached hydrogens (tertiary/aromatic N) is 2. The number of anilines is 1. The van der Waals surface area contributed by atoms with E-state index in [0.717, 1.165) is 21.3 Å². The molecule has 1 aliphatic heterocycles. The molecule has 1 fully saturated rings. The van der Waals surface area contributed by atoms with E-state index in [0.29, 0.717) is 33.6 Å². The van der Waals surface area contributed by atoms with Gasteiger partial charge < -0.3 is 9.84 Å². The van der Waals surface area contributed by atoms with Gasteiger partial charge in [-0.05, 0) is 79.9 Å². The number of hydrogen-bond donors (Lipinski definition) is 1. The first-order valence-electron chi connectivity index (χ1n) is 11.5. The first-order chi connectivity index (χ1) is 17.3. The molecule has 1 aromatic heterocycles. The molecule has 36 heavy (non-hydrogen) atoms. The molecule has 5 rings (SSSR count). The topological polar surface area (TPSA) is 79.7 Å². The van der Waals surface area contributed by atoms with Gasteiger partial charge in [-0.2, -0.15) is 0 Å². The van der Waals surface area contributed by atoms with Crippen LogP contribution in [0.2, 0.25) is 5.02 Å². The highest BCUT2D eigenvalue weighted by molar-refractivity contribution is 7.22. The molecular formula is C28H23ClN2O4S. The number of carbonyl (C=O) groups is 2. The van der Waals surface area contributed by atoms with E-state index in [4.69, 9.17) is 21.3 Å². The Labute approximate surface area is 217 Å². The van der Waals surface area contributed by atoms with Gasteiger partial charge in [0.25, 0.3) is 5.78 Å². The van der Waals surface area contributed by atoms with Gasteiger partial charge in [0.2, 0.25) is 0 Å². The number of ether oxygens (including phenoxy) is 1. The van der Waals surface area contributed by atoms with Crippen LogP contribution >= 0.6 is 22.9 Å². The average molecular weight is 519 g/mol. The summed E-state index contributed by atoms with van der Waals surface area (Å²) in [6.45, 7) is 6.35. The number of halogens is 1. The van der Waals surface area contributed by atoms with Crippen molar-refractivity contribution < 1.29 is 19.4 Å². The number of ketones is 1. The molecule has 1 N–H and O–H groups in total. The van der Waals surface area contributed by atoms with E-state index in [1.54, 1.807) is 48.5 Å². The number of aliphatic hydroxyl groups excluding tert-OH is 1. The number of rotatable bonds is 5. The number of amides is 1. The number of thiazole rings is 1. The van der Waals surface area contributed by atoms with Crippen LogP contribution in [0.25, 0.3) is 16.0 Å².